The normalized spacial score (nSPS) is 38.3. The summed E-state index contributed by atoms with van der Waals surface area (Å²) < 4.78 is 12.3. The van der Waals surface area contributed by atoms with Crippen LogP contribution in [-0.4, -0.2) is 53.9 Å². The Morgan fingerprint density at radius 2 is 2.26 bits per heavy atom. The molecule has 0 saturated carbocycles. The number of nitrogens with two attached hydrogens (primary N) is 1. The average Bonchev–Trinajstić information content (AvgIpc) is 2.97. The molecule has 4 aliphatic rings. The number of ether oxygens (including phenoxy) is 2. The summed E-state index contributed by atoms with van der Waals surface area (Å²) in [5.41, 5.74) is 6.04. The summed E-state index contributed by atoms with van der Waals surface area (Å²) in [5, 5.41) is 11.0. The molecule has 144 valence electrons. The summed E-state index contributed by atoms with van der Waals surface area (Å²) >= 11 is 0. The van der Waals surface area contributed by atoms with E-state index in [1.165, 1.54) is 5.56 Å². The van der Waals surface area contributed by atoms with Crippen molar-refractivity contribution >= 4 is 5.91 Å². The Labute approximate surface area is 158 Å². The highest BCUT2D eigenvalue weighted by Crippen LogP contribution is 2.66. The van der Waals surface area contributed by atoms with Crippen molar-refractivity contribution in [2.75, 3.05) is 20.2 Å². The largest absolute Gasteiger partial charge is 0.490 e. The first kappa shape index (κ1) is 17.1. The Balaban J connectivity index is 1.81. The Hall–Kier alpha value is -2.05. The van der Waals surface area contributed by atoms with Gasteiger partial charge in [0, 0.05) is 17.5 Å². The first-order valence-electron chi connectivity index (χ1n) is 9.82. The number of likely N-dealkylation sites (tertiary alicyclic amines) is 1. The van der Waals surface area contributed by atoms with Gasteiger partial charge in [0.05, 0.1) is 12.0 Å². The van der Waals surface area contributed by atoms with E-state index in [0.717, 1.165) is 24.9 Å². The van der Waals surface area contributed by atoms with Gasteiger partial charge in [-0.25, -0.2) is 0 Å². The van der Waals surface area contributed by atoms with E-state index in [4.69, 9.17) is 15.2 Å². The van der Waals surface area contributed by atoms with Gasteiger partial charge in [-0.3, -0.25) is 4.79 Å². The lowest BCUT2D eigenvalue weighted by Gasteiger charge is -2.59. The summed E-state index contributed by atoms with van der Waals surface area (Å²) in [6, 6.07) is 4.28. The Bertz CT molecular complexity index is 853. The van der Waals surface area contributed by atoms with E-state index in [9.17, 15) is 9.90 Å². The fourth-order valence-corrected chi connectivity index (χ4v) is 6.04. The summed E-state index contributed by atoms with van der Waals surface area (Å²) in [7, 11) is 2.13. The van der Waals surface area contributed by atoms with Gasteiger partial charge in [-0.15, -0.1) is 0 Å². The monoisotopic (exact) mass is 370 g/mol. The van der Waals surface area contributed by atoms with E-state index in [1.54, 1.807) is 6.08 Å². The average molecular weight is 370 g/mol. The third-order valence-electron chi connectivity index (χ3n) is 7.16. The highest BCUT2D eigenvalue weighted by atomic mass is 16.6. The van der Waals surface area contributed by atoms with Gasteiger partial charge in [-0.2, -0.15) is 0 Å². The molecule has 2 aliphatic carbocycles. The molecule has 1 aromatic carbocycles. The Morgan fingerprint density at radius 1 is 1.44 bits per heavy atom. The molecule has 5 rings (SSSR count). The lowest BCUT2D eigenvalue weighted by atomic mass is 9.48. The van der Waals surface area contributed by atoms with Gasteiger partial charge in [0.1, 0.15) is 6.10 Å². The van der Waals surface area contributed by atoms with Crippen LogP contribution >= 0.6 is 0 Å². The number of primary amides is 1. The second-order valence-electron chi connectivity index (χ2n) is 8.31. The number of rotatable bonds is 4. The molecule has 1 spiro atoms. The summed E-state index contributed by atoms with van der Waals surface area (Å²) in [6.07, 6.45) is 5.18. The zero-order valence-corrected chi connectivity index (χ0v) is 15.8. The minimum absolute atomic E-state index is 0.0716. The maximum Gasteiger partial charge on any atom is 0.265 e. The van der Waals surface area contributed by atoms with E-state index in [0.29, 0.717) is 24.5 Å². The van der Waals surface area contributed by atoms with Crippen molar-refractivity contribution in [3.05, 3.63) is 35.4 Å². The zero-order chi connectivity index (χ0) is 19.0. The van der Waals surface area contributed by atoms with Crippen LogP contribution in [0.4, 0.5) is 0 Å². The second kappa shape index (κ2) is 5.49. The molecule has 5 atom stereocenters. The zero-order valence-electron chi connectivity index (χ0n) is 15.8. The number of amides is 1. The number of hydrogen-bond acceptors (Lipinski definition) is 5. The van der Waals surface area contributed by atoms with Crippen molar-refractivity contribution in [3.63, 3.8) is 0 Å². The molecule has 0 radical (unpaired) electrons. The second-order valence-corrected chi connectivity index (χ2v) is 8.31. The van der Waals surface area contributed by atoms with E-state index in [1.807, 2.05) is 13.0 Å². The molecular formula is C21H26N2O4. The highest BCUT2D eigenvalue weighted by Gasteiger charge is 2.74. The maximum absolute atomic E-state index is 12.9. The molecule has 0 unspecified atom stereocenters. The lowest BCUT2D eigenvalue weighted by Crippen LogP contribution is -2.75. The van der Waals surface area contributed by atoms with Crippen molar-refractivity contribution < 1.29 is 19.4 Å². The smallest absolute Gasteiger partial charge is 0.265 e. The molecule has 2 heterocycles. The van der Waals surface area contributed by atoms with Gasteiger partial charge >= 0.3 is 0 Å². The van der Waals surface area contributed by atoms with Crippen LogP contribution in [0.15, 0.2) is 24.3 Å². The fourth-order valence-electron chi connectivity index (χ4n) is 6.04. The van der Waals surface area contributed by atoms with Crippen LogP contribution in [0.2, 0.25) is 0 Å². The molecule has 1 amide bonds. The molecule has 3 N–H and O–H groups in total. The number of carbonyl (C=O) groups excluding carboxylic acids is 1. The van der Waals surface area contributed by atoms with E-state index < -0.39 is 23.0 Å². The van der Waals surface area contributed by atoms with Crippen molar-refractivity contribution in [2.45, 2.75) is 49.3 Å². The van der Waals surface area contributed by atoms with Gasteiger partial charge in [0.2, 0.25) is 5.60 Å². The number of likely N-dealkylation sites (N-methyl/N-ethyl adjacent to an activating group) is 1. The standard InChI is InChI=1S/C21H26N2O4/c1-3-10-26-15-6-4-12-11-14-13-5-7-16(24)21(19(22)25)20(13,8-9-23(14)2)17(12)18(15)27-21/h4-7,13-14,16,24H,3,8-11H2,1-2H3,(H2,22,25)/t13-,14+,16-,20-,21+/m0/s1. The van der Waals surface area contributed by atoms with E-state index in [-0.39, 0.29) is 12.0 Å². The first-order valence-corrected chi connectivity index (χ1v) is 9.82. The van der Waals surface area contributed by atoms with Gasteiger partial charge in [0.25, 0.3) is 5.91 Å². The van der Waals surface area contributed by atoms with Crippen molar-refractivity contribution in [2.24, 2.45) is 11.7 Å². The van der Waals surface area contributed by atoms with Crippen LogP contribution < -0.4 is 15.2 Å². The van der Waals surface area contributed by atoms with Crippen LogP contribution in [0.5, 0.6) is 11.5 Å². The van der Waals surface area contributed by atoms with Crippen LogP contribution in [0, 0.1) is 5.92 Å². The van der Waals surface area contributed by atoms with Crippen LogP contribution in [0.1, 0.15) is 30.9 Å². The predicted molar refractivity (Wildman–Crippen MR) is 99.8 cm³/mol. The molecule has 6 nitrogen and oxygen atoms in total. The minimum Gasteiger partial charge on any atom is -0.490 e. The van der Waals surface area contributed by atoms with Crippen molar-refractivity contribution in [1.82, 2.24) is 4.90 Å². The van der Waals surface area contributed by atoms with Gasteiger partial charge in [-0.1, -0.05) is 25.1 Å². The molecular weight excluding hydrogens is 344 g/mol. The van der Waals surface area contributed by atoms with Gasteiger partial charge < -0.3 is 25.2 Å². The SMILES string of the molecule is CCCOc1ccc2c3c1O[C@@]1(C(N)=O)[C@@H](O)C=C[C@H]4[C@@H](C2)N(C)CC[C@@]341. The minimum atomic E-state index is -1.48. The Kier molecular flexibility index (Phi) is 3.47. The molecule has 2 bridgehead atoms. The molecule has 1 saturated heterocycles. The van der Waals surface area contributed by atoms with Crippen LogP contribution in [0.3, 0.4) is 0 Å². The number of benzene rings is 1. The maximum atomic E-state index is 12.9. The van der Waals surface area contributed by atoms with Crippen molar-refractivity contribution in [3.8, 4) is 11.5 Å². The Morgan fingerprint density at radius 3 is 3.00 bits per heavy atom. The summed E-state index contributed by atoms with van der Waals surface area (Å²) in [5.74, 6) is 0.722. The van der Waals surface area contributed by atoms with Crippen LogP contribution in [0.25, 0.3) is 0 Å². The summed E-state index contributed by atoms with van der Waals surface area (Å²) in [6.45, 7) is 3.45. The first-order chi connectivity index (χ1) is 13.0. The third-order valence-corrected chi connectivity index (χ3v) is 7.16. The highest BCUT2D eigenvalue weighted by molar-refractivity contribution is 5.91. The summed E-state index contributed by atoms with van der Waals surface area (Å²) in [4.78, 5) is 15.2. The molecule has 27 heavy (non-hydrogen) atoms. The third kappa shape index (κ3) is 1.81. The number of piperidine rings is 1. The number of aliphatic hydroxyl groups is 1. The lowest BCUT2D eigenvalue weighted by molar-refractivity contribution is -0.160. The van der Waals surface area contributed by atoms with Gasteiger partial charge in [-0.05, 0) is 44.5 Å². The van der Waals surface area contributed by atoms with Gasteiger partial charge in [0.15, 0.2) is 11.5 Å². The number of hydrogen-bond donors (Lipinski definition) is 2. The van der Waals surface area contributed by atoms with E-state index >= 15 is 0 Å². The van der Waals surface area contributed by atoms with Crippen molar-refractivity contribution in [1.29, 1.82) is 0 Å². The predicted octanol–water partition coefficient (Wildman–Crippen LogP) is 1.14. The number of carbonyl (C=O) groups is 1. The number of nitrogens with zero attached hydrogens (tertiary/aromatic N) is 1. The molecule has 1 aromatic rings. The van der Waals surface area contributed by atoms with E-state index in [2.05, 4.69) is 24.1 Å². The quantitative estimate of drug-likeness (QED) is 0.777. The molecule has 0 aromatic heterocycles. The van der Waals surface area contributed by atoms with Crippen LogP contribution in [-0.2, 0) is 16.6 Å². The molecule has 2 aliphatic heterocycles. The molecule has 6 heteroatoms. The fraction of sp³-hybridized carbons (Fsp3) is 0.571. The number of aliphatic hydroxyl groups excluding tert-OH is 1. The topological polar surface area (TPSA) is 85.0 Å². The molecule has 1 fully saturated rings.